The number of likely N-dealkylation sites (N-methyl/N-ethyl adjacent to an activating group) is 2. The minimum Gasteiger partial charge on any atom is -0.496 e. The number of aromatic nitrogens is 6. The van der Waals surface area contributed by atoms with E-state index in [-0.39, 0.29) is 61.9 Å². The third-order valence-electron chi connectivity index (χ3n) is 21.4. The molecule has 4 fully saturated rings. The normalized spacial score (nSPS) is 15.1. The molecule has 0 spiro atoms. The summed E-state index contributed by atoms with van der Waals surface area (Å²) < 4.78 is 26.2. The van der Waals surface area contributed by atoms with Gasteiger partial charge in [0.1, 0.15) is 17.8 Å². The van der Waals surface area contributed by atoms with Crippen LogP contribution in [0, 0.1) is 0 Å². The van der Waals surface area contributed by atoms with Gasteiger partial charge in [-0.1, -0.05) is 74.5 Å². The second-order valence-corrected chi connectivity index (χ2v) is 29.0. The third kappa shape index (κ3) is 21.1. The summed E-state index contributed by atoms with van der Waals surface area (Å²) in [7, 11) is 7.54. The molecule has 0 saturated carbocycles. The highest BCUT2D eigenvalue weighted by molar-refractivity contribution is 6.01. The first-order valence-electron chi connectivity index (χ1n) is 39.7. The van der Waals surface area contributed by atoms with Gasteiger partial charge in [-0.05, 0) is 167 Å². The predicted molar refractivity (Wildman–Crippen MR) is 443 cm³/mol. The van der Waals surface area contributed by atoms with E-state index in [4.69, 9.17) is 28.9 Å². The van der Waals surface area contributed by atoms with Crippen LogP contribution in [0.25, 0.3) is 44.3 Å². The number of fused-ring (bicyclic) bond motifs is 2. The Hall–Kier alpha value is -10.9. The summed E-state index contributed by atoms with van der Waals surface area (Å²) in [4.78, 5) is 82.5. The molecule has 6 aromatic carbocycles. The van der Waals surface area contributed by atoms with Crippen LogP contribution >= 0.6 is 0 Å². The van der Waals surface area contributed by atoms with Gasteiger partial charge in [0.25, 0.3) is 23.6 Å². The van der Waals surface area contributed by atoms with Crippen molar-refractivity contribution >= 4 is 63.4 Å². The number of hydrogen-bond donors (Lipinski definition) is 7. The van der Waals surface area contributed by atoms with Crippen molar-refractivity contribution in [3.63, 3.8) is 0 Å². The van der Waals surface area contributed by atoms with Gasteiger partial charge < -0.3 is 66.0 Å². The second-order valence-electron chi connectivity index (χ2n) is 29.0. The van der Waals surface area contributed by atoms with E-state index in [9.17, 15) is 24.0 Å². The summed E-state index contributed by atoms with van der Waals surface area (Å²) in [5.41, 5.74) is 16.2. The fraction of sp³-hybridized carbons (Fsp3) is 0.398. The Labute approximate surface area is 662 Å². The van der Waals surface area contributed by atoms with Crippen LogP contribution in [-0.2, 0) is 68.1 Å². The van der Waals surface area contributed by atoms with E-state index < -0.39 is 0 Å². The number of aldehydes is 1. The van der Waals surface area contributed by atoms with E-state index >= 15 is 0 Å². The number of rotatable bonds is 27. The minimum absolute atomic E-state index is 0.201. The number of ether oxygens (including phenoxy) is 4. The summed E-state index contributed by atoms with van der Waals surface area (Å²) in [6.07, 6.45) is 9.49. The lowest BCUT2D eigenvalue weighted by molar-refractivity contribution is 0.0903. The van der Waals surface area contributed by atoms with Gasteiger partial charge in [0.15, 0.2) is 11.3 Å². The predicted octanol–water partition coefficient (Wildman–Crippen LogP) is 11.4. The largest absolute Gasteiger partial charge is 0.496 e. The maximum absolute atomic E-state index is 13.7. The highest BCUT2D eigenvalue weighted by Gasteiger charge is 2.26. The highest BCUT2D eigenvalue weighted by Crippen LogP contribution is 2.35. The first-order valence-corrected chi connectivity index (χ1v) is 39.7. The molecule has 4 amide bonds. The Bertz CT molecular complexity index is 4920. The molecule has 0 radical (unpaired) electrons. The van der Waals surface area contributed by atoms with Gasteiger partial charge in [0.05, 0.1) is 48.8 Å². The monoisotopic (exact) mass is 1530 g/mol. The van der Waals surface area contributed by atoms with E-state index in [1.165, 1.54) is 18.7 Å². The van der Waals surface area contributed by atoms with Gasteiger partial charge in [0.2, 0.25) is 0 Å². The van der Waals surface area contributed by atoms with Crippen LogP contribution < -0.4 is 46.7 Å². The minimum atomic E-state index is -0.325. The number of methoxy groups -OCH3 is 2. The van der Waals surface area contributed by atoms with E-state index in [1.54, 1.807) is 68.8 Å². The number of hydrogen-bond acceptors (Lipinski definition) is 19. The van der Waals surface area contributed by atoms with Crippen molar-refractivity contribution in [1.29, 1.82) is 0 Å². The Morgan fingerprint density at radius 2 is 0.912 bits per heavy atom. The zero-order valence-corrected chi connectivity index (χ0v) is 66.5. The number of pyridine rings is 2. The first kappa shape index (κ1) is 81.6. The number of nitrogens with one attached hydrogen (secondary N) is 7. The number of anilines is 2. The summed E-state index contributed by atoms with van der Waals surface area (Å²) in [6, 6.07) is 41.7. The lowest BCUT2D eigenvalue weighted by atomic mass is 10.00. The molecule has 7 N–H and O–H groups in total. The third-order valence-corrected chi connectivity index (χ3v) is 21.4. The van der Waals surface area contributed by atoms with Gasteiger partial charge in [-0.3, -0.25) is 28.9 Å². The van der Waals surface area contributed by atoms with Crippen LogP contribution in [0.15, 0.2) is 146 Å². The average molecular weight is 1530 g/mol. The fourth-order valence-electron chi connectivity index (χ4n) is 14.8. The maximum Gasteiger partial charge on any atom is 0.251 e. The standard InChI is InChI=1S/C44H54N8O4.C39H42N6O5.C5H12N2/c1-5-39-37(41(48-36-15-21-56-22-16-36)38-28-47-52(6-2)42(38)49-39)27-46-44(54)34-12-8-11-33(25-34)43(53)45-26-35-24-32(13-14-40(35)55-4)31-10-7-9-30(23-31)29-51-19-17-50(3)18-20-51;1-4-34-32(36(43-31-14-16-50-17-15-31)33-23-42-45(5-2)37(33)44-34)22-41-39(48)29-11-7-10-28(20-29)38(47)40-21-30-19-27(12-13-35(30)49-3)26-9-6-8-25(18-26)24-46;1-7-4-2-6-3-5-7/h7-14,23-25,28,36H,5-6,15-22,26-27,29H2,1-4H3,(H,45,53)(H,46,54)(H,48,49);6-13,18-20,23-24,31H,4-5,14-17,21-22H2,1-3H3,(H,40,47)(H,41,48)(H,43,44);6H,2-5H2,1H3. The molecule has 0 bridgehead atoms. The van der Waals surface area contributed by atoms with Crippen molar-refractivity contribution < 1.29 is 42.9 Å². The topological polar surface area (TPSA) is 278 Å². The lowest BCUT2D eigenvalue weighted by Crippen LogP contribution is -2.43. The number of aryl methyl sites for hydroxylation is 4. The quantitative estimate of drug-likeness (QED) is 0.0236. The lowest BCUT2D eigenvalue weighted by Gasteiger charge is -2.32. The number of carbonyl (C=O) groups is 5. The molecule has 0 aliphatic carbocycles. The van der Waals surface area contributed by atoms with Gasteiger partial charge in [-0.15, -0.1) is 0 Å². The molecular formula is C88H108N16O9. The van der Waals surface area contributed by atoms with Crippen LogP contribution in [0.4, 0.5) is 11.4 Å². The number of amides is 4. The molecular weight excluding hydrogens is 1430 g/mol. The van der Waals surface area contributed by atoms with E-state index in [2.05, 4.69) is 133 Å². The fourth-order valence-corrected chi connectivity index (χ4v) is 14.8. The zero-order chi connectivity index (χ0) is 79.2. The van der Waals surface area contributed by atoms with Crippen molar-refractivity contribution in [2.75, 3.05) is 118 Å². The summed E-state index contributed by atoms with van der Waals surface area (Å²) in [5, 5.41) is 34.0. The van der Waals surface area contributed by atoms with E-state index in [0.717, 1.165) is 167 Å². The van der Waals surface area contributed by atoms with E-state index in [1.807, 2.05) is 71.1 Å². The van der Waals surface area contributed by atoms with Crippen molar-refractivity contribution in [1.82, 2.24) is 70.8 Å². The number of piperazine rings is 2. The SMILES string of the molecule is CCc1nc2c(cnn2CC)c(NC2CCOCC2)c1CNC(=O)c1cccc(C(=O)NCc2cc(-c3cccc(C=O)c3)ccc2OC)c1.CCc1nc2c(cnn2CC)c(NC2CCOCC2)c1CNC(=O)c1cccc(C(=O)NCc2cc(-c3cccc(CN4CCN(C)CC4)c3)ccc2OC)c1.CN1CCNCC1. The van der Waals surface area contributed by atoms with Crippen LogP contribution in [0.5, 0.6) is 11.5 Å². The first-order chi connectivity index (χ1) is 55.1. The Morgan fingerprint density at radius 1 is 0.496 bits per heavy atom. The Kier molecular flexibility index (Phi) is 28.9. The van der Waals surface area contributed by atoms with Gasteiger partial charge >= 0.3 is 0 Å². The summed E-state index contributed by atoms with van der Waals surface area (Å²) in [6.45, 7) is 23.4. The molecule has 4 saturated heterocycles. The molecule has 594 valence electrons. The number of nitrogens with zero attached hydrogens (tertiary/aromatic N) is 9. The van der Waals surface area contributed by atoms with Gasteiger partial charge in [0, 0.05) is 198 Å². The van der Waals surface area contributed by atoms with Gasteiger partial charge in [-0.25, -0.2) is 19.3 Å². The number of benzene rings is 6. The molecule has 10 aromatic rings. The van der Waals surface area contributed by atoms with Crippen LogP contribution in [0.3, 0.4) is 0 Å². The molecule has 8 heterocycles. The van der Waals surface area contributed by atoms with Crippen LogP contribution in [0.2, 0.25) is 0 Å². The van der Waals surface area contributed by atoms with Crippen molar-refractivity contribution in [3.05, 3.63) is 213 Å². The molecule has 4 aliphatic heterocycles. The summed E-state index contributed by atoms with van der Waals surface area (Å²) >= 11 is 0. The molecule has 25 nitrogen and oxygen atoms in total. The Morgan fingerprint density at radius 3 is 1.33 bits per heavy atom. The Balaban J connectivity index is 0.000000193. The summed E-state index contributed by atoms with van der Waals surface area (Å²) in [5.74, 6) is 0.152. The molecule has 25 heteroatoms. The smallest absolute Gasteiger partial charge is 0.251 e. The molecule has 0 atom stereocenters. The zero-order valence-electron chi connectivity index (χ0n) is 66.5. The van der Waals surface area contributed by atoms with Crippen LogP contribution in [0.1, 0.15) is 144 Å². The molecule has 113 heavy (non-hydrogen) atoms. The van der Waals surface area contributed by atoms with E-state index in [0.29, 0.717) is 91.7 Å². The average Bonchev–Trinajstić information content (AvgIpc) is 1.65. The molecule has 14 rings (SSSR count). The second kappa shape index (κ2) is 40.0. The molecule has 4 aliphatic rings. The van der Waals surface area contributed by atoms with Crippen molar-refractivity contribution in [2.45, 2.75) is 124 Å². The molecule has 4 aromatic heterocycles. The van der Waals surface area contributed by atoms with Crippen molar-refractivity contribution in [2.24, 2.45) is 0 Å². The van der Waals surface area contributed by atoms with Crippen LogP contribution in [-0.4, -0.2) is 193 Å². The highest BCUT2D eigenvalue weighted by atomic mass is 16.5. The van der Waals surface area contributed by atoms with Gasteiger partial charge in [-0.2, -0.15) is 10.2 Å². The number of carbonyl (C=O) groups excluding carboxylic acids is 5. The maximum atomic E-state index is 13.7. The molecule has 0 unspecified atom stereocenters. The van der Waals surface area contributed by atoms with Crippen molar-refractivity contribution in [3.8, 4) is 33.8 Å².